The van der Waals surface area contributed by atoms with Crippen LogP contribution in [0.3, 0.4) is 0 Å². The Hall–Kier alpha value is -0.870. The molecule has 0 spiro atoms. The highest BCUT2D eigenvalue weighted by Crippen LogP contribution is 2.30. The van der Waals surface area contributed by atoms with Crippen LogP contribution < -0.4 is 0 Å². The molecule has 0 atom stereocenters. The third-order valence-corrected chi connectivity index (χ3v) is 3.58. The van der Waals surface area contributed by atoms with Gasteiger partial charge in [0.15, 0.2) is 0 Å². The summed E-state index contributed by atoms with van der Waals surface area (Å²) in [6.07, 6.45) is 2.55. The highest BCUT2D eigenvalue weighted by Gasteiger charge is 2.33. The summed E-state index contributed by atoms with van der Waals surface area (Å²) in [7, 11) is 0. The van der Waals surface area contributed by atoms with Gasteiger partial charge in [-0.25, -0.2) is 0 Å². The van der Waals surface area contributed by atoms with Crippen molar-refractivity contribution >= 4 is 0 Å². The first-order valence-electron chi connectivity index (χ1n) is 6.21. The van der Waals surface area contributed by atoms with Gasteiger partial charge in [-0.1, -0.05) is 13.8 Å². The minimum Gasteiger partial charge on any atom is -0.396 e. The molecular weight excluding hydrogens is 216 g/mol. The smallest absolute Gasteiger partial charge is 0.0632 e. The Morgan fingerprint density at radius 1 is 1.24 bits per heavy atom. The quantitative estimate of drug-likeness (QED) is 0.794. The van der Waals surface area contributed by atoms with Crippen LogP contribution in [0.2, 0.25) is 0 Å². The molecule has 0 aromatic carbocycles. The Kier molecular flexibility index (Phi) is 4.71. The number of nitrogens with zero attached hydrogens (tertiary/aromatic N) is 2. The molecule has 1 heterocycles. The number of aromatic nitrogens is 2. The number of aliphatic hydroxyl groups is 2. The number of rotatable bonds is 6. The van der Waals surface area contributed by atoms with Gasteiger partial charge in [-0.3, -0.25) is 4.68 Å². The van der Waals surface area contributed by atoms with Gasteiger partial charge in [-0.15, -0.1) is 0 Å². The first-order chi connectivity index (χ1) is 7.95. The lowest BCUT2D eigenvalue weighted by Gasteiger charge is -2.33. The summed E-state index contributed by atoms with van der Waals surface area (Å²) < 4.78 is 1.90. The van der Waals surface area contributed by atoms with E-state index < -0.39 is 5.41 Å². The van der Waals surface area contributed by atoms with Crippen LogP contribution >= 0.6 is 0 Å². The van der Waals surface area contributed by atoms with Crippen LogP contribution in [0.4, 0.5) is 0 Å². The van der Waals surface area contributed by atoms with Crippen molar-refractivity contribution in [3.8, 4) is 0 Å². The van der Waals surface area contributed by atoms with Crippen molar-refractivity contribution < 1.29 is 10.2 Å². The van der Waals surface area contributed by atoms with Gasteiger partial charge in [0.1, 0.15) is 0 Å². The van der Waals surface area contributed by atoms with Crippen LogP contribution in [-0.2, 0) is 6.42 Å². The summed E-state index contributed by atoms with van der Waals surface area (Å²) in [5.74, 6) is 0.210. The average Bonchev–Trinajstić information content (AvgIpc) is 2.74. The van der Waals surface area contributed by atoms with Gasteiger partial charge in [-0.05, 0) is 25.8 Å². The molecule has 2 N–H and O–H groups in total. The van der Waals surface area contributed by atoms with Crippen LogP contribution in [0, 0.1) is 11.3 Å². The fraction of sp³-hybridized carbons (Fsp3) is 0.769. The number of aliphatic hydroxyl groups excluding tert-OH is 2. The van der Waals surface area contributed by atoms with E-state index >= 15 is 0 Å². The second-order valence-electron chi connectivity index (χ2n) is 5.39. The molecule has 4 heteroatoms. The van der Waals surface area contributed by atoms with Gasteiger partial charge in [0.2, 0.25) is 0 Å². The zero-order chi connectivity index (χ0) is 13.1. The normalized spacial score (nSPS) is 12.7. The van der Waals surface area contributed by atoms with Crippen molar-refractivity contribution in [2.45, 2.75) is 40.2 Å². The molecule has 0 fully saturated rings. The lowest BCUT2D eigenvalue weighted by Crippen LogP contribution is -2.37. The Balaban J connectivity index is 2.86. The lowest BCUT2D eigenvalue weighted by atomic mass is 9.75. The number of hydrogen-bond acceptors (Lipinski definition) is 3. The predicted octanol–water partition coefficient (Wildman–Crippen LogP) is 1.63. The van der Waals surface area contributed by atoms with Gasteiger partial charge in [0.25, 0.3) is 0 Å². The van der Waals surface area contributed by atoms with E-state index in [-0.39, 0.29) is 19.1 Å². The average molecular weight is 240 g/mol. The summed E-state index contributed by atoms with van der Waals surface area (Å²) >= 11 is 0. The maximum absolute atomic E-state index is 9.53. The molecule has 0 unspecified atom stereocenters. The Labute approximate surface area is 103 Å². The Morgan fingerprint density at radius 2 is 1.82 bits per heavy atom. The van der Waals surface area contributed by atoms with E-state index in [9.17, 15) is 10.2 Å². The van der Waals surface area contributed by atoms with Crippen molar-refractivity contribution in [1.29, 1.82) is 0 Å². The van der Waals surface area contributed by atoms with E-state index in [1.54, 1.807) is 0 Å². The molecule has 17 heavy (non-hydrogen) atoms. The van der Waals surface area contributed by atoms with E-state index in [1.165, 1.54) is 0 Å². The van der Waals surface area contributed by atoms with Crippen LogP contribution in [0.25, 0.3) is 0 Å². The first-order valence-corrected chi connectivity index (χ1v) is 6.21. The molecule has 0 aliphatic carbocycles. The fourth-order valence-electron chi connectivity index (χ4n) is 1.85. The standard InChI is InChI=1S/C13H24N2O2/c1-10(2)13(8-16,9-17)7-12-5-6-15(14-12)11(3)4/h5-6,10-11,16-17H,7-9H2,1-4H3. The second-order valence-corrected chi connectivity index (χ2v) is 5.39. The highest BCUT2D eigenvalue weighted by atomic mass is 16.3. The molecule has 0 bridgehead atoms. The van der Waals surface area contributed by atoms with Crippen molar-refractivity contribution in [3.05, 3.63) is 18.0 Å². The third-order valence-electron chi connectivity index (χ3n) is 3.58. The van der Waals surface area contributed by atoms with Crippen LogP contribution in [-0.4, -0.2) is 33.2 Å². The van der Waals surface area contributed by atoms with Crippen molar-refractivity contribution in [2.75, 3.05) is 13.2 Å². The molecule has 0 saturated heterocycles. The maximum atomic E-state index is 9.53. The predicted molar refractivity (Wildman–Crippen MR) is 67.8 cm³/mol. The van der Waals surface area contributed by atoms with Gasteiger partial charge in [0, 0.05) is 24.1 Å². The lowest BCUT2D eigenvalue weighted by molar-refractivity contribution is 0.0154. The summed E-state index contributed by atoms with van der Waals surface area (Å²) in [6.45, 7) is 8.15. The van der Waals surface area contributed by atoms with E-state index in [1.807, 2.05) is 30.8 Å². The highest BCUT2D eigenvalue weighted by molar-refractivity contribution is 5.04. The van der Waals surface area contributed by atoms with E-state index in [0.29, 0.717) is 12.5 Å². The van der Waals surface area contributed by atoms with Crippen LogP contribution in [0.1, 0.15) is 39.4 Å². The second kappa shape index (κ2) is 5.65. The van der Waals surface area contributed by atoms with Gasteiger partial charge in [-0.2, -0.15) is 5.10 Å². The fourth-order valence-corrected chi connectivity index (χ4v) is 1.85. The first kappa shape index (κ1) is 14.2. The Morgan fingerprint density at radius 3 is 2.18 bits per heavy atom. The summed E-state index contributed by atoms with van der Waals surface area (Å²) in [5.41, 5.74) is 0.450. The molecule has 0 radical (unpaired) electrons. The molecule has 98 valence electrons. The third kappa shape index (κ3) is 3.07. The molecule has 0 aliphatic heterocycles. The monoisotopic (exact) mass is 240 g/mol. The minimum atomic E-state index is -0.476. The molecule has 0 aliphatic rings. The minimum absolute atomic E-state index is 0.0181. The van der Waals surface area contributed by atoms with Gasteiger partial charge < -0.3 is 10.2 Å². The topological polar surface area (TPSA) is 58.3 Å². The van der Waals surface area contributed by atoms with Crippen LogP contribution in [0.5, 0.6) is 0 Å². The summed E-state index contributed by atoms with van der Waals surface area (Å²) in [6, 6.07) is 2.29. The summed E-state index contributed by atoms with van der Waals surface area (Å²) in [4.78, 5) is 0. The van der Waals surface area contributed by atoms with Crippen molar-refractivity contribution in [3.63, 3.8) is 0 Å². The summed E-state index contributed by atoms with van der Waals surface area (Å²) in [5, 5.41) is 23.5. The van der Waals surface area contributed by atoms with E-state index in [2.05, 4.69) is 18.9 Å². The zero-order valence-electron chi connectivity index (χ0n) is 11.2. The largest absolute Gasteiger partial charge is 0.396 e. The zero-order valence-corrected chi connectivity index (χ0v) is 11.2. The number of hydrogen-bond donors (Lipinski definition) is 2. The molecule has 1 aromatic heterocycles. The molecule has 1 rings (SSSR count). The maximum Gasteiger partial charge on any atom is 0.0632 e. The molecule has 0 saturated carbocycles. The van der Waals surface area contributed by atoms with Gasteiger partial charge >= 0.3 is 0 Å². The molecule has 0 amide bonds. The Bertz CT molecular complexity index is 341. The van der Waals surface area contributed by atoms with E-state index in [4.69, 9.17) is 0 Å². The molecule has 1 aromatic rings. The molecular formula is C13H24N2O2. The van der Waals surface area contributed by atoms with Crippen molar-refractivity contribution in [1.82, 2.24) is 9.78 Å². The van der Waals surface area contributed by atoms with Gasteiger partial charge in [0.05, 0.1) is 18.9 Å². The SMILES string of the molecule is CC(C)n1ccc(CC(CO)(CO)C(C)C)n1. The molecule has 4 nitrogen and oxygen atoms in total. The van der Waals surface area contributed by atoms with Crippen molar-refractivity contribution in [2.24, 2.45) is 11.3 Å². The van der Waals surface area contributed by atoms with Crippen LogP contribution in [0.15, 0.2) is 12.3 Å². The van der Waals surface area contributed by atoms with E-state index in [0.717, 1.165) is 5.69 Å².